The Labute approximate surface area is 156 Å². The summed E-state index contributed by atoms with van der Waals surface area (Å²) < 4.78 is 5.80. The van der Waals surface area contributed by atoms with Crippen molar-refractivity contribution in [2.45, 2.75) is 19.8 Å². The SMILES string of the molecule is Cc1cc(NC(=O)C(C#N)=C(O)C2CC2)ccc1Oc1ccc(Cl)cc1. The number of anilines is 1. The summed E-state index contributed by atoms with van der Waals surface area (Å²) in [6.45, 7) is 1.85. The van der Waals surface area contributed by atoms with E-state index in [1.807, 2.05) is 6.92 Å². The molecule has 1 aliphatic rings. The van der Waals surface area contributed by atoms with Gasteiger partial charge in [0.15, 0.2) is 5.57 Å². The number of aryl methyl sites for hydroxylation is 1. The Kier molecular flexibility index (Phi) is 5.15. The first-order chi connectivity index (χ1) is 12.5. The first-order valence-corrected chi connectivity index (χ1v) is 8.54. The summed E-state index contributed by atoms with van der Waals surface area (Å²) in [6.07, 6.45) is 1.61. The normalized spacial score (nSPS) is 14.2. The van der Waals surface area contributed by atoms with Gasteiger partial charge in [0.1, 0.15) is 23.3 Å². The van der Waals surface area contributed by atoms with Crippen molar-refractivity contribution in [3.05, 3.63) is 64.4 Å². The summed E-state index contributed by atoms with van der Waals surface area (Å²) >= 11 is 5.86. The number of nitrogens with zero attached hydrogens (tertiary/aromatic N) is 1. The first kappa shape index (κ1) is 17.8. The smallest absolute Gasteiger partial charge is 0.269 e. The average molecular weight is 369 g/mol. The summed E-state index contributed by atoms with van der Waals surface area (Å²) in [5.41, 5.74) is 1.10. The van der Waals surface area contributed by atoms with Crippen LogP contribution in [-0.4, -0.2) is 11.0 Å². The molecule has 0 heterocycles. The maximum atomic E-state index is 12.2. The monoisotopic (exact) mass is 368 g/mol. The molecule has 0 bridgehead atoms. The minimum atomic E-state index is -0.609. The molecule has 0 aliphatic heterocycles. The van der Waals surface area contributed by atoms with E-state index in [9.17, 15) is 9.90 Å². The highest BCUT2D eigenvalue weighted by molar-refractivity contribution is 6.30. The van der Waals surface area contributed by atoms with E-state index in [-0.39, 0.29) is 17.3 Å². The van der Waals surface area contributed by atoms with Gasteiger partial charge in [-0.3, -0.25) is 4.79 Å². The van der Waals surface area contributed by atoms with Gasteiger partial charge in [-0.15, -0.1) is 0 Å². The molecule has 0 aromatic heterocycles. The van der Waals surface area contributed by atoms with Crippen molar-refractivity contribution in [1.82, 2.24) is 0 Å². The Morgan fingerprint density at radius 3 is 2.54 bits per heavy atom. The number of nitriles is 1. The molecule has 1 fully saturated rings. The van der Waals surface area contributed by atoms with E-state index in [0.717, 1.165) is 18.4 Å². The molecule has 0 unspecified atom stereocenters. The van der Waals surface area contributed by atoms with E-state index in [1.165, 1.54) is 0 Å². The van der Waals surface area contributed by atoms with Crippen LogP contribution in [0.2, 0.25) is 5.02 Å². The number of allylic oxidation sites excluding steroid dienone is 1. The summed E-state index contributed by atoms with van der Waals surface area (Å²) in [5.74, 6) is 0.500. The molecule has 3 rings (SSSR count). The Hall–Kier alpha value is -2.97. The number of hydrogen-bond donors (Lipinski definition) is 2. The van der Waals surface area contributed by atoms with Crippen molar-refractivity contribution >= 4 is 23.2 Å². The van der Waals surface area contributed by atoms with E-state index in [1.54, 1.807) is 48.5 Å². The zero-order valence-corrected chi connectivity index (χ0v) is 14.9. The van der Waals surface area contributed by atoms with E-state index < -0.39 is 5.91 Å². The van der Waals surface area contributed by atoms with Crippen LogP contribution in [0.3, 0.4) is 0 Å². The molecule has 5 nitrogen and oxygen atoms in total. The Bertz CT molecular complexity index is 910. The minimum absolute atomic E-state index is 0.0627. The number of amides is 1. The first-order valence-electron chi connectivity index (χ1n) is 8.16. The van der Waals surface area contributed by atoms with Crippen LogP contribution in [0.15, 0.2) is 53.8 Å². The lowest BCUT2D eigenvalue weighted by Crippen LogP contribution is -2.16. The summed E-state index contributed by atoms with van der Waals surface area (Å²) in [5, 5.41) is 22.4. The molecule has 1 amide bonds. The third-order valence-electron chi connectivity index (χ3n) is 4.03. The molecule has 2 N–H and O–H groups in total. The van der Waals surface area contributed by atoms with Gasteiger partial charge in [-0.2, -0.15) is 5.26 Å². The summed E-state index contributed by atoms with van der Waals surface area (Å²) in [4.78, 5) is 12.2. The largest absolute Gasteiger partial charge is 0.510 e. The van der Waals surface area contributed by atoms with Crippen LogP contribution in [0, 0.1) is 24.2 Å². The molecule has 0 radical (unpaired) electrons. The number of halogens is 1. The molecule has 0 spiro atoms. The van der Waals surface area contributed by atoms with Crippen LogP contribution in [0.25, 0.3) is 0 Å². The molecular formula is C20H17ClN2O3. The van der Waals surface area contributed by atoms with Gasteiger partial charge in [-0.1, -0.05) is 11.6 Å². The van der Waals surface area contributed by atoms with Crippen molar-refractivity contribution in [2.24, 2.45) is 5.92 Å². The number of nitrogens with one attached hydrogen (secondary N) is 1. The predicted octanol–water partition coefficient (Wildman–Crippen LogP) is 5.12. The number of hydrogen-bond acceptors (Lipinski definition) is 4. The maximum Gasteiger partial charge on any atom is 0.269 e. The molecule has 2 aromatic carbocycles. The fraction of sp³-hybridized carbons (Fsp3) is 0.200. The number of aliphatic hydroxyl groups excluding tert-OH is 1. The quantitative estimate of drug-likeness (QED) is 0.435. The minimum Gasteiger partial charge on any atom is -0.510 e. The average Bonchev–Trinajstić information content (AvgIpc) is 3.45. The van der Waals surface area contributed by atoms with E-state index in [4.69, 9.17) is 21.6 Å². The third-order valence-corrected chi connectivity index (χ3v) is 4.29. The van der Waals surface area contributed by atoms with Crippen LogP contribution in [0.5, 0.6) is 11.5 Å². The van der Waals surface area contributed by atoms with Gasteiger partial charge in [0, 0.05) is 16.6 Å². The lowest BCUT2D eigenvalue weighted by molar-refractivity contribution is -0.112. The summed E-state index contributed by atoms with van der Waals surface area (Å²) in [6, 6.07) is 14.0. The molecule has 1 aliphatic carbocycles. The second-order valence-electron chi connectivity index (χ2n) is 6.14. The Balaban J connectivity index is 1.73. The fourth-order valence-electron chi connectivity index (χ4n) is 2.45. The fourth-order valence-corrected chi connectivity index (χ4v) is 2.58. The second kappa shape index (κ2) is 7.51. The molecular weight excluding hydrogens is 352 g/mol. The highest BCUT2D eigenvalue weighted by Crippen LogP contribution is 2.36. The highest BCUT2D eigenvalue weighted by Gasteiger charge is 2.30. The van der Waals surface area contributed by atoms with Crippen molar-refractivity contribution < 1.29 is 14.6 Å². The number of carbonyl (C=O) groups is 1. The molecule has 132 valence electrons. The standard InChI is InChI=1S/C20H17ClN2O3/c1-12-10-15(23-20(25)17(11-22)19(24)13-2-3-13)6-9-18(12)26-16-7-4-14(21)5-8-16/h4-10,13,24H,2-3H2,1H3,(H,23,25). The van der Waals surface area contributed by atoms with Crippen LogP contribution in [0.4, 0.5) is 5.69 Å². The third kappa shape index (κ3) is 4.16. The maximum absolute atomic E-state index is 12.2. The second-order valence-corrected chi connectivity index (χ2v) is 6.57. The highest BCUT2D eigenvalue weighted by atomic mass is 35.5. The molecule has 26 heavy (non-hydrogen) atoms. The topological polar surface area (TPSA) is 82.4 Å². The molecule has 0 saturated heterocycles. The zero-order chi connectivity index (χ0) is 18.7. The van der Waals surface area contributed by atoms with Crippen LogP contribution >= 0.6 is 11.6 Å². The number of carbonyl (C=O) groups excluding carboxylic acids is 1. The predicted molar refractivity (Wildman–Crippen MR) is 99.3 cm³/mol. The van der Waals surface area contributed by atoms with Crippen molar-refractivity contribution in [3.63, 3.8) is 0 Å². The van der Waals surface area contributed by atoms with Gasteiger partial charge < -0.3 is 15.2 Å². The van der Waals surface area contributed by atoms with Gasteiger partial charge in [-0.25, -0.2) is 0 Å². The number of ether oxygens (including phenoxy) is 1. The Morgan fingerprint density at radius 1 is 1.27 bits per heavy atom. The van der Waals surface area contributed by atoms with E-state index in [0.29, 0.717) is 22.2 Å². The molecule has 0 atom stereocenters. The van der Waals surface area contributed by atoms with E-state index >= 15 is 0 Å². The lowest BCUT2D eigenvalue weighted by atomic mass is 10.1. The van der Waals surface area contributed by atoms with Crippen LogP contribution in [0.1, 0.15) is 18.4 Å². The van der Waals surface area contributed by atoms with Crippen molar-refractivity contribution in [1.29, 1.82) is 5.26 Å². The van der Waals surface area contributed by atoms with Gasteiger partial charge in [0.25, 0.3) is 5.91 Å². The van der Waals surface area contributed by atoms with Crippen LogP contribution < -0.4 is 10.1 Å². The van der Waals surface area contributed by atoms with E-state index in [2.05, 4.69) is 5.32 Å². The number of aliphatic hydroxyl groups is 1. The van der Waals surface area contributed by atoms with Gasteiger partial charge in [0.2, 0.25) is 0 Å². The van der Waals surface area contributed by atoms with Gasteiger partial charge >= 0.3 is 0 Å². The van der Waals surface area contributed by atoms with Crippen LogP contribution in [-0.2, 0) is 4.79 Å². The van der Waals surface area contributed by atoms with Crippen molar-refractivity contribution in [2.75, 3.05) is 5.32 Å². The van der Waals surface area contributed by atoms with Gasteiger partial charge in [-0.05, 0) is 67.8 Å². The van der Waals surface area contributed by atoms with Gasteiger partial charge in [0.05, 0.1) is 0 Å². The molecule has 1 saturated carbocycles. The lowest BCUT2D eigenvalue weighted by Gasteiger charge is -2.11. The van der Waals surface area contributed by atoms with Crippen molar-refractivity contribution in [3.8, 4) is 17.6 Å². The number of rotatable bonds is 5. The number of benzene rings is 2. The molecule has 2 aromatic rings. The zero-order valence-electron chi connectivity index (χ0n) is 14.1. The molecule has 6 heteroatoms. The summed E-state index contributed by atoms with van der Waals surface area (Å²) in [7, 11) is 0. The Morgan fingerprint density at radius 2 is 1.96 bits per heavy atom.